The minimum atomic E-state index is 0.814. The highest BCUT2D eigenvalue weighted by atomic mass is 79.9. The van der Waals surface area contributed by atoms with E-state index in [9.17, 15) is 0 Å². The number of aromatic nitrogens is 4. The van der Waals surface area contributed by atoms with Crippen molar-refractivity contribution in [2.75, 3.05) is 23.7 Å². The van der Waals surface area contributed by atoms with Gasteiger partial charge in [-0.3, -0.25) is 0 Å². The average molecular weight is 325 g/mol. The molecule has 2 aromatic rings. The largest absolute Gasteiger partial charge is 0.369 e. The SMILES string of the molecule is CCNc1ncnc(NCCCn2ccnc2)c1Br. The summed E-state index contributed by atoms with van der Waals surface area (Å²) < 4.78 is 2.93. The van der Waals surface area contributed by atoms with Gasteiger partial charge in [0.05, 0.1) is 6.33 Å². The van der Waals surface area contributed by atoms with E-state index in [4.69, 9.17) is 0 Å². The molecule has 0 fully saturated rings. The van der Waals surface area contributed by atoms with Crippen LogP contribution in [0.3, 0.4) is 0 Å². The molecule has 0 saturated carbocycles. The lowest BCUT2D eigenvalue weighted by molar-refractivity contribution is 0.660. The summed E-state index contributed by atoms with van der Waals surface area (Å²) in [5.41, 5.74) is 0. The van der Waals surface area contributed by atoms with Crippen molar-refractivity contribution in [1.29, 1.82) is 0 Å². The fourth-order valence-electron chi connectivity index (χ4n) is 1.67. The summed E-state index contributed by atoms with van der Waals surface area (Å²) >= 11 is 3.51. The highest BCUT2D eigenvalue weighted by molar-refractivity contribution is 9.10. The average Bonchev–Trinajstić information content (AvgIpc) is 2.92. The molecule has 0 aromatic carbocycles. The van der Waals surface area contributed by atoms with Crippen molar-refractivity contribution in [3.63, 3.8) is 0 Å². The van der Waals surface area contributed by atoms with Crippen LogP contribution in [0.1, 0.15) is 13.3 Å². The molecule has 0 unspecified atom stereocenters. The molecule has 0 aliphatic rings. The quantitative estimate of drug-likeness (QED) is 0.765. The molecule has 2 heterocycles. The van der Waals surface area contributed by atoms with Gasteiger partial charge in [0.1, 0.15) is 22.4 Å². The lowest BCUT2D eigenvalue weighted by Gasteiger charge is -2.10. The normalized spacial score (nSPS) is 10.4. The number of aryl methyl sites for hydroxylation is 1. The van der Waals surface area contributed by atoms with Gasteiger partial charge in [0.2, 0.25) is 0 Å². The number of imidazole rings is 1. The maximum Gasteiger partial charge on any atom is 0.145 e. The predicted octanol–water partition coefficient (Wildman–Crippen LogP) is 2.37. The molecule has 0 aliphatic heterocycles. The highest BCUT2D eigenvalue weighted by Gasteiger charge is 2.06. The van der Waals surface area contributed by atoms with Crippen LogP contribution in [0.5, 0.6) is 0 Å². The number of nitrogens with one attached hydrogen (secondary N) is 2. The van der Waals surface area contributed by atoms with Crippen LogP contribution in [0.4, 0.5) is 11.6 Å². The Bertz CT molecular complexity index is 499. The molecule has 19 heavy (non-hydrogen) atoms. The third-order valence-corrected chi connectivity index (χ3v) is 3.33. The second-order valence-electron chi connectivity index (χ2n) is 4.00. The predicted molar refractivity (Wildman–Crippen MR) is 79.2 cm³/mol. The van der Waals surface area contributed by atoms with Crippen LogP contribution in [-0.2, 0) is 6.54 Å². The zero-order chi connectivity index (χ0) is 13.5. The third-order valence-electron chi connectivity index (χ3n) is 2.58. The first kappa shape index (κ1) is 13.8. The van der Waals surface area contributed by atoms with Crippen LogP contribution in [-0.4, -0.2) is 32.6 Å². The van der Waals surface area contributed by atoms with Crippen molar-refractivity contribution in [2.45, 2.75) is 19.9 Å². The molecule has 2 rings (SSSR count). The van der Waals surface area contributed by atoms with Crippen LogP contribution in [0, 0.1) is 0 Å². The van der Waals surface area contributed by atoms with Gasteiger partial charge in [0, 0.05) is 32.0 Å². The van der Waals surface area contributed by atoms with Crippen LogP contribution >= 0.6 is 15.9 Å². The van der Waals surface area contributed by atoms with Gasteiger partial charge in [-0.15, -0.1) is 0 Å². The van der Waals surface area contributed by atoms with E-state index in [0.717, 1.165) is 42.2 Å². The molecule has 102 valence electrons. The molecular weight excluding hydrogens is 308 g/mol. The lowest BCUT2D eigenvalue weighted by atomic mass is 10.4. The van der Waals surface area contributed by atoms with Crippen molar-refractivity contribution in [3.8, 4) is 0 Å². The van der Waals surface area contributed by atoms with Gasteiger partial charge in [-0.25, -0.2) is 15.0 Å². The first-order valence-electron chi connectivity index (χ1n) is 6.25. The fourth-order valence-corrected chi connectivity index (χ4v) is 2.16. The van der Waals surface area contributed by atoms with E-state index < -0.39 is 0 Å². The Kier molecular flexibility index (Phi) is 5.14. The number of rotatable bonds is 7. The summed E-state index contributed by atoms with van der Waals surface area (Å²) in [4.78, 5) is 12.4. The zero-order valence-corrected chi connectivity index (χ0v) is 12.4. The van der Waals surface area contributed by atoms with Gasteiger partial charge in [0.25, 0.3) is 0 Å². The fraction of sp³-hybridized carbons (Fsp3) is 0.417. The van der Waals surface area contributed by atoms with Crippen molar-refractivity contribution in [3.05, 3.63) is 29.5 Å². The summed E-state index contributed by atoms with van der Waals surface area (Å²) in [6.07, 6.45) is 8.13. The summed E-state index contributed by atoms with van der Waals surface area (Å²) in [5.74, 6) is 1.63. The Morgan fingerprint density at radius 3 is 2.74 bits per heavy atom. The number of anilines is 2. The topological polar surface area (TPSA) is 67.7 Å². The number of hydrogen-bond acceptors (Lipinski definition) is 5. The minimum Gasteiger partial charge on any atom is -0.369 e. The molecule has 7 heteroatoms. The third kappa shape index (κ3) is 3.92. The Morgan fingerprint density at radius 1 is 1.26 bits per heavy atom. The molecule has 6 nitrogen and oxygen atoms in total. The van der Waals surface area contributed by atoms with Crippen molar-refractivity contribution >= 4 is 27.6 Å². The molecule has 2 N–H and O–H groups in total. The van der Waals surface area contributed by atoms with E-state index in [1.54, 1.807) is 12.5 Å². The monoisotopic (exact) mass is 324 g/mol. The Hall–Kier alpha value is -1.63. The van der Waals surface area contributed by atoms with Gasteiger partial charge in [-0.05, 0) is 29.3 Å². The number of halogens is 1. The first-order chi connectivity index (χ1) is 9.31. The van der Waals surface area contributed by atoms with Crippen LogP contribution in [0.15, 0.2) is 29.5 Å². The Morgan fingerprint density at radius 2 is 2.05 bits per heavy atom. The molecule has 0 aliphatic carbocycles. The van der Waals surface area contributed by atoms with E-state index >= 15 is 0 Å². The van der Waals surface area contributed by atoms with Crippen molar-refractivity contribution < 1.29 is 0 Å². The van der Waals surface area contributed by atoms with Crippen molar-refractivity contribution in [2.24, 2.45) is 0 Å². The van der Waals surface area contributed by atoms with E-state index in [-0.39, 0.29) is 0 Å². The van der Waals surface area contributed by atoms with Crippen LogP contribution < -0.4 is 10.6 Å². The maximum absolute atomic E-state index is 4.23. The van der Waals surface area contributed by atoms with Crippen molar-refractivity contribution in [1.82, 2.24) is 19.5 Å². The van der Waals surface area contributed by atoms with E-state index in [1.807, 2.05) is 19.4 Å². The Balaban J connectivity index is 1.83. The van der Waals surface area contributed by atoms with Gasteiger partial charge < -0.3 is 15.2 Å². The number of nitrogens with zero attached hydrogens (tertiary/aromatic N) is 4. The zero-order valence-electron chi connectivity index (χ0n) is 10.8. The summed E-state index contributed by atoms with van der Waals surface area (Å²) in [6, 6.07) is 0. The van der Waals surface area contributed by atoms with Gasteiger partial charge >= 0.3 is 0 Å². The minimum absolute atomic E-state index is 0.814. The van der Waals surface area contributed by atoms with E-state index in [1.165, 1.54) is 0 Å². The van der Waals surface area contributed by atoms with Gasteiger partial charge in [0.15, 0.2) is 0 Å². The molecule has 0 radical (unpaired) electrons. The molecular formula is C12H17BrN6. The standard InChI is InChI=1S/C12H17BrN6/c1-2-15-11-10(13)12(18-8-17-11)16-4-3-6-19-7-5-14-9-19/h5,7-9H,2-4,6H2,1H3,(H2,15,16,17,18). The maximum atomic E-state index is 4.23. The molecule has 0 atom stereocenters. The summed E-state index contributed by atoms with van der Waals surface area (Å²) in [6.45, 7) is 4.65. The lowest BCUT2D eigenvalue weighted by Crippen LogP contribution is -2.09. The number of hydrogen-bond donors (Lipinski definition) is 2. The first-order valence-corrected chi connectivity index (χ1v) is 7.04. The Labute approximate surface area is 120 Å². The van der Waals surface area contributed by atoms with Gasteiger partial charge in [-0.1, -0.05) is 0 Å². The smallest absolute Gasteiger partial charge is 0.145 e. The molecule has 2 aromatic heterocycles. The van der Waals surface area contributed by atoms with Crippen LogP contribution in [0.2, 0.25) is 0 Å². The summed E-state index contributed by atoms with van der Waals surface area (Å²) in [7, 11) is 0. The highest BCUT2D eigenvalue weighted by Crippen LogP contribution is 2.26. The van der Waals surface area contributed by atoms with E-state index in [2.05, 4.69) is 46.1 Å². The summed E-state index contributed by atoms with van der Waals surface area (Å²) in [5, 5.41) is 6.48. The van der Waals surface area contributed by atoms with Crippen LogP contribution in [0.25, 0.3) is 0 Å². The second kappa shape index (κ2) is 7.08. The molecule has 0 saturated heterocycles. The second-order valence-corrected chi connectivity index (χ2v) is 4.79. The van der Waals surface area contributed by atoms with E-state index in [0.29, 0.717) is 0 Å². The molecule has 0 bridgehead atoms. The van der Waals surface area contributed by atoms with Gasteiger partial charge in [-0.2, -0.15) is 0 Å². The molecule has 0 spiro atoms. The molecule has 0 amide bonds.